The highest BCUT2D eigenvalue weighted by Gasteiger charge is 2.22. The van der Waals surface area contributed by atoms with Crippen molar-refractivity contribution in [3.63, 3.8) is 0 Å². The molecular formula is C46H30N6. The normalized spacial score (nSPS) is 11.5. The van der Waals surface area contributed by atoms with Crippen LogP contribution in [0.2, 0.25) is 0 Å². The van der Waals surface area contributed by atoms with E-state index in [9.17, 15) is 0 Å². The van der Waals surface area contributed by atoms with E-state index in [1.165, 1.54) is 0 Å². The van der Waals surface area contributed by atoms with Crippen molar-refractivity contribution in [3.8, 4) is 62.0 Å². The standard InChI is InChI=1S/C46H30N6/c1-4-13-33(14-5-1)41-44-42(38-19-10-11-20-39(38)48-41)49-45(52(44)37-17-8-3-9-18-37)36-27-23-32(24-28-36)31-21-25-34(26-22-31)40-43(35-15-6-2-7-16-35)51-30-12-29-47-46(51)50-40/h1-30H. The molecule has 6 nitrogen and oxygen atoms in total. The van der Waals surface area contributed by atoms with E-state index in [0.717, 1.165) is 83.9 Å². The van der Waals surface area contributed by atoms with Gasteiger partial charge in [0.15, 0.2) is 0 Å². The highest BCUT2D eigenvalue weighted by molar-refractivity contribution is 6.09. The summed E-state index contributed by atoms with van der Waals surface area (Å²) in [6.07, 6.45) is 3.80. The Morgan fingerprint density at radius 3 is 1.71 bits per heavy atom. The molecule has 0 aliphatic heterocycles. The van der Waals surface area contributed by atoms with Gasteiger partial charge in [-0.15, -0.1) is 0 Å². The Morgan fingerprint density at radius 2 is 1.00 bits per heavy atom. The summed E-state index contributed by atoms with van der Waals surface area (Å²) in [6.45, 7) is 0. The fourth-order valence-corrected chi connectivity index (χ4v) is 7.18. The Labute approximate surface area is 300 Å². The van der Waals surface area contributed by atoms with Gasteiger partial charge in [-0.3, -0.25) is 8.97 Å². The zero-order chi connectivity index (χ0) is 34.4. The molecule has 0 N–H and O–H groups in total. The SMILES string of the molecule is c1ccc(-c2nc3ccccc3c3nc(-c4ccc(-c5ccc(-c6nc7ncccn7c6-c6ccccc6)cc5)cc4)n(-c4ccccc4)c23)cc1. The average molecular weight is 667 g/mol. The topological polar surface area (TPSA) is 60.9 Å². The maximum absolute atomic E-state index is 5.38. The van der Waals surface area contributed by atoms with Gasteiger partial charge < -0.3 is 0 Å². The molecule has 0 unspecified atom stereocenters. The molecule has 0 spiro atoms. The number of rotatable bonds is 6. The minimum atomic E-state index is 0.678. The summed E-state index contributed by atoms with van der Waals surface area (Å²) in [5.41, 5.74) is 13.2. The first-order valence-electron chi connectivity index (χ1n) is 17.3. The van der Waals surface area contributed by atoms with Crippen molar-refractivity contribution in [1.29, 1.82) is 0 Å². The van der Waals surface area contributed by atoms with Crippen LogP contribution in [0, 0.1) is 0 Å². The molecule has 4 heterocycles. The van der Waals surface area contributed by atoms with Crippen LogP contribution in [0.1, 0.15) is 0 Å². The highest BCUT2D eigenvalue weighted by Crippen LogP contribution is 2.39. The van der Waals surface area contributed by atoms with Crippen LogP contribution in [0.15, 0.2) is 182 Å². The van der Waals surface area contributed by atoms with E-state index < -0.39 is 0 Å². The number of nitrogens with zero attached hydrogens (tertiary/aromatic N) is 6. The van der Waals surface area contributed by atoms with Gasteiger partial charge in [-0.25, -0.2) is 19.9 Å². The Kier molecular flexibility index (Phi) is 7.03. The van der Waals surface area contributed by atoms with Gasteiger partial charge in [-0.2, -0.15) is 0 Å². The molecule has 4 aromatic heterocycles. The molecule has 10 rings (SSSR count). The summed E-state index contributed by atoms with van der Waals surface area (Å²) in [5.74, 6) is 1.55. The molecule has 10 aromatic rings. The zero-order valence-electron chi connectivity index (χ0n) is 28.0. The Hall–Kier alpha value is -7.18. The van der Waals surface area contributed by atoms with Gasteiger partial charge in [0.2, 0.25) is 5.78 Å². The largest absolute Gasteiger partial charge is 0.290 e. The van der Waals surface area contributed by atoms with Crippen LogP contribution in [-0.4, -0.2) is 28.9 Å². The second-order valence-electron chi connectivity index (χ2n) is 12.8. The van der Waals surface area contributed by atoms with Gasteiger partial charge >= 0.3 is 0 Å². The molecule has 6 aromatic carbocycles. The molecule has 0 fully saturated rings. The number of imidazole rings is 2. The third-order valence-electron chi connectivity index (χ3n) is 9.64. The average Bonchev–Trinajstić information content (AvgIpc) is 3.82. The lowest BCUT2D eigenvalue weighted by Crippen LogP contribution is -2.00. The lowest BCUT2D eigenvalue weighted by atomic mass is 9.99. The van der Waals surface area contributed by atoms with Crippen LogP contribution in [0.4, 0.5) is 0 Å². The van der Waals surface area contributed by atoms with E-state index >= 15 is 0 Å². The fraction of sp³-hybridized carbons (Fsp3) is 0. The first-order valence-corrected chi connectivity index (χ1v) is 17.3. The van der Waals surface area contributed by atoms with Gasteiger partial charge in [0, 0.05) is 45.7 Å². The number of aromatic nitrogens is 6. The van der Waals surface area contributed by atoms with Crippen molar-refractivity contribution in [2.24, 2.45) is 0 Å². The molecule has 0 saturated heterocycles. The quantitative estimate of drug-likeness (QED) is 0.177. The molecule has 244 valence electrons. The van der Waals surface area contributed by atoms with Crippen LogP contribution >= 0.6 is 0 Å². The fourth-order valence-electron chi connectivity index (χ4n) is 7.18. The summed E-state index contributed by atoms with van der Waals surface area (Å²) in [6, 6.07) is 58.7. The van der Waals surface area contributed by atoms with Gasteiger partial charge in [0.05, 0.1) is 22.6 Å². The number of hydrogen-bond acceptors (Lipinski definition) is 4. The number of fused-ring (bicyclic) bond motifs is 4. The van der Waals surface area contributed by atoms with Crippen LogP contribution in [0.3, 0.4) is 0 Å². The predicted octanol–water partition coefficient (Wildman–Crippen LogP) is 11.0. The first-order chi connectivity index (χ1) is 25.8. The maximum Gasteiger partial charge on any atom is 0.234 e. The number of para-hydroxylation sites is 2. The van der Waals surface area contributed by atoms with E-state index in [4.69, 9.17) is 15.0 Å². The Bertz CT molecular complexity index is 2860. The molecule has 6 heteroatoms. The molecule has 0 aliphatic carbocycles. The minimum Gasteiger partial charge on any atom is -0.290 e. The molecular weight excluding hydrogens is 637 g/mol. The summed E-state index contributed by atoms with van der Waals surface area (Å²) in [5, 5.41) is 1.03. The van der Waals surface area contributed by atoms with Gasteiger partial charge in [0.25, 0.3) is 0 Å². The van der Waals surface area contributed by atoms with Crippen LogP contribution in [-0.2, 0) is 0 Å². The molecule has 0 amide bonds. The third-order valence-corrected chi connectivity index (χ3v) is 9.64. The summed E-state index contributed by atoms with van der Waals surface area (Å²) in [7, 11) is 0. The molecule has 0 aliphatic rings. The lowest BCUT2D eigenvalue weighted by molar-refractivity contribution is 1.10. The van der Waals surface area contributed by atoms with Crippen LogP contribution in [0.5, 0.6) is 0 Å². The first kappa shape index (κ1) is 29.7. The zero-order valence-corrected chi connectivity index (χ0v) is 28.0. The van der Waals surface area contributed by atoms with E-state index in [-0.39, 0.29) is 0 Å². The second kappa shape index (κ2) is 12.3. The Morgan fingerprint density at radius 1 is 0.423 bits per heavy atom. The summed E-state index contributed by atoms with van der Waals surface area (Å²) in [4.78, 5) is 20.1. The van der Waals surface area contributed by atoms with Crippen molar-refractivity contribution >= 4 is 27.7 Å². The van der Waals surface area contributed by atoms with E-state index in [0.29, 0.717) is 5.78 Å². The highest BCUT2D eigenvalue weighted by atomic mass is 15.1. The van der Waals surface area contributed by atoms with Gasteiger partial charge in [0.1, 0.15) is 16.9 Å². The smallest absolute Gasteiger partial charge is 0.234 e. The minimum absolute atomic E-state index is 0.678. The Balaban J connectivity index is 1.08. The molecule has 0 atom stereocenters. The molecule has 0 saturated carbocycles. The van der Waals surface area contributed by atoms with Crippen molar-refractivity contribution < 1.29 is 0 Å². The van der Waals surface area contributed by atoms with Crippen LogP contribution in [0.25, 0.3) is 89.7 Å². The van der Waals surface area contributed by atoms with Gasteiger partial charge in [-0.1, -0.05) is 146 Å². The van der Waals surface area contributed by atoms with E-state index in [1.54, 1.807) is 6.20 Å². The summed E-state index contributed by atoms with van der Waals surface area (Å²) < 4.78 is 4.32. The second-order valence-corrected chi connectivity index (χ2v) is 12.8. The van der Waals surface area contributed by atoms with Crippen molar-refractivity contribution in [2.45, 2.75) is 0 Å². The third kappa shape index (κ3) is 4.96. The maximum atomic E-state index is 5.38. The molecule has 52 heavy (non-hydrogen) atoms. The van der Waals surface area contributed by atoms with E-state index in [2.05, 4.69) is 153 Å². The van der Waals surface area contributed by atoms with Crippen molar-refractivity contribution in [3.05, 3.63) is 182 Å². The van der Waals surface area contributed by atoms with E-state index in [1.807, 2.05) is 36.5 Å². The summed E-state index contributed by atoms with van der Waals surface area (Å²) >= 11 is 0. The lowest BCUT2D eigenvalue weighted by Gasteiger charge is -2.13. The van der Waals surface area contributed by atoms with Crippen molar-refractivity contribution in [1.82, 2.24) is 28.9 Å². The number of benzene rings is 6. The van der Waals surface area contributed by atoms with Crippen LogP contribution < -0.4 is 0 Å². The number of hydrogen-bond donors (Lipinski definition) is 0. The monoisotopic (exact) mass is 666 g/mol. The molecule has 0 radical (unpaired) electrons. The van der Waals surface area contributed by atoms with Crippen molar-refractivity contribution in [2.75, 3.05) is 0 Å². The predicted molar refractivity (Wildman–Crippen MR) is 210 cm³/mol. The number of pyridine rings is 1. The molecule has 0 bridgehead atoms. The van der Waals surface area contributed by atoms with Gasteiger partial charge in [-0.05, 0) is 35.4 Å².